The van der Waals surface area contributed by atoms with Gasteiger partial charge in [0.25, 0.3) is 5.88 Å². The molecule has 0 N–H and O–H groups in total. The molecule has 0 radical (unpaired) electrons. The molecule has 0 aliphatic heterocycles. The minimum absolute atomic E-state index is 0.0681. The van der Waals surface area contributed by atoms with Crippen LogP contribution in [0.15, 0.2) is 36.5 Å². The third-order valence-corrected chi connectivity index (χ3v) is 2.89. The van der Waals surface area contributed by atoms with E-state index in [4.69, 9.17) is 21.1 Å². The Kier molecular flexibility index (Phi) is 5.18. The summed E-state index contributed by atoms with van der Waals surface area (Å²) in [6.45, 7) is 2.58. The smallest absolute Gasteiger partial charge is 0.256 e. The average molecular weight is 296 g/mol. The second kappa shape index (κ2) is 7.10. The van der Waals surface area contributed by atoms with Crippen molar-refractivity contribution in [2.45, 2.75) is 19.2 Å². The van der Waals surface area contributed by atoms with Crippen LogP contribution in [-0.2, 0) is 5.88 Å². The predicted molar refractivity (Wildman–Crippen MR) is 76.1 cm³/mol. The zero-order valence-electron chi connectivity index (χ0n) is 11.1. The molecule has 0 spiro atoms. The number of para-hydroxylation sites is 2. The molecule has 2 rings (SSSR count). The SMILES string of the molecule is CCCOc1ccccc1Oc1nccc(CCl)c1F. The molecule has 0 amide bonds. The molecule has 0 saturated heterocycles. The summed E-state index contributed by atoms with van der Waals surface area (Å²) < 4.78 is 25.1. The Hall–Kier alpha value is -1.81. The number of nitrogens with zero attached hydrogens (tertiary/aromatic N) is 1. The standard InChI is InChI=1S/C15H15ClFNO2/c1-2-9-19-12-5-3-4-6-13(12)20-15-14(17)11(10-16)7-8-18-15/h3-8H,2,9-10H2,1H3. The van der Waals surface area contributed by atoms with Crippen molar-refractivity contribution < 1.29 is 13.9 Å². The van der Waals surface area contributed by atoms with Gasteiger partial charge in [0.15, 0.2) is 17.3 Å². The van der Waals surface area contributed by atoms with Gasteiger partial charge in [0.05, 0.1) is 12.5 Å². The molecule has 0 bridgehead atoms. The van der Waals surface area contributed by atoms with Crippen LogP contribution in [0.25, 0.3) is 0 Å². The highest BCUT2D eigenvalue weighted by Gasteiger charge is 2.13. The third kappa shape index (κ3) is 3.39. The summed E-state index contributed by atoms with van der Waals surface area (Å²) in [7, 11) is 0. The number of alkyl halides is 1. The summed E-state index contributed by atoms with van der Waals surface area (Å²) >= 11 is 5.66. The van der Waals surface area contributed by atoms with Gasteiger partial charge in [-0.2, -0.15) is 0 Å². The fourth-order valence-electron chi connectivity index (χ4n) is 1.61. The third-order valence-electron chi connectivity index (χ3n) is 2.60. The molecule has 20 heavy (non-hydrogen) atoms. The molecule has 0 saturated carbocycles. The number of pyridine rings is 1. The van der Waals surface area contributed by atoms with Crippen LogP contribution in [0.3, 0.4) is 0 Å². The zero-order chi connectivity index (χ0) is 14.4. The minimum atomic E-state index is -0.548. The van der Waals surface area contributed by atoms with Gasteiger partial charge in [0, 0.05) is 11.8 Å². The zero-order valence-corrected chi connectivity index (χ0v) is 11.9. The Morgan fingerprint density at radius 3 is 2.65 bits per heavy atom. The Bertz CT molecular complexity index is 578. The molecule has 0 aliphatic rings. The summed E-state index contributed by atoms with van der Waals surface area (Å²) in [6, 6.07) is 8.62. The Balaban J connectivity index is 2.26. The number of hydrogen-bond donors (Lipinski definition) is 0. The van der Waals surface area contributed by atoms with Crippen LogP contribution in [0.4, 0.5) is 4.39 Å². The lowest BCUT2D eigenvalue weighted by molar-refractivity contribution is 0.298. The summed E-state index contributed by atoms with van der Waals surface area (Å²) in [5.41, 5.74) is 0.351. The van der Waals surface area contributed by atoms with Crippen molar-refractivity contribution in [3.63, 3.8) is 0 Å². The van der Waals surface area contributed by atoms with Gasteiger partial charge in [-0.05, 0) is 24.6 Å². The number of rotatable bonds is 6. The van der Waals surface area contributed by atoms with Crippen LogP contribution < -0.4 is 9.47 Å². The fraction of sp³-hybridized carbons (Fsp3) is 0.267. The van der Waals surface area contributed by atoms with E-state index in [2.05, 4.69) is 4.98 Å². The lowest BCUT2D eigenvalue weighted by Gasteiger charge is -2.12. The first-order valence-electron chi connectivity index (χ1n) is 6.35. The van der Waals surface area contributed by atoms with E-state index in [0.717, 1.165) is 6.42 Å². The van der Waals surface area contributed by atoms with Crippen LogP contribution in [0.2, 0.25) is 0 Å². The number of hydrogen-bond acceptors (Lipinski definition) is 3. The van der Waals surface area contributed by atoms with E-state index < -0.39 is 5.82 Å². The second-order valence-corrected chi connectivity index (χ2v) is 4.39. The van der Waals surface area contributed by atoms with Gasteiger partial charge < -0.3 is 9.47 Å². The Morgan fingerprint density at radius 2 is 1.95 bits per heavy atom. The van der Waals surface area contributed by atoms with Gasteiger partial charge in [-0.3, -0.25) is 0 Å². The lowest BCUT2D eigenvalue weighted by atomic mass is 10.3. The number of ether oxygens (including phenoxy) is 2. The molecule has 2 aromatic rings. The van der Waals surface area contributed by atoms with Crippen molar-refractivity contribution in [2.24, 2.45) is 0 Å². The van der Waals surface area contributed by atoms with E-state index >= 15 is 0 Å². The molecule has 0 unspecified atom stereocenters. The molecular formula is C15H15ClFNO2. The monoisotopic (exact) mass is 295 g/mol. The van der Waals surface area contributed by atoms with Crippen molar-refractivity contribution in [3.8, 4) is 17.4 Å². The van der Waals surface area contributed by atoms with E-state index in [0.29, 0.717) is 23.7 Å². The van der Waals surface area contributed by atoms with Gasteiger partial charge in [0.1, 0.15) is 0 Å². The highest BCUT2D eigenvalue weighted by atomic mass is 35.5. The molecule has 0 atom stereocenters. The van der Waals surface area contributed by atoms with Crippen molar-refractivity contribution in [3.05, 3.63) is 47.9 Å². The van der Waals surface area contributed by atoms with Crippen LogP contribution >= 0.6 is 11.6 Å². The molecule has 1 heterocycles. The molecule has 0 fully saturated rings. The average Bonchev–Trinajstić information content (AvgIpc) is 2.48. The van der Waals surface area contributed by atoms with Crippen LogP contribution in [0, 0.1) is 5.82 Å². The number of aromatic nitrogens is 1. The molecule has 106 valence electrons. The summed E-state index contributed by atoms with van der Waals surface area (Å²) in [5.74, 6) is 0.410. The highest BCUT2D eigenvalue weighted by Crippen LogP contribution is 2.32. The van der Waals surface area contributed by atoms with Crippen LogP contribution in [0.5, 0.6) is 17.4 Å². The van der Waals surface area contributed by atoms with Crippen molar-refractivity contribution in [1.29, 1.82) is 0 Å². The number of halogens is 2. The lowest BCUT2D eigenvalue weighted by Crippen LogP contribution is -2.00. The molecular weight excluding hydrogens is 281 g/mol. The second-order valence-electron chi connectivity index (χ2n) is 4.12. The summed E-state index contributed by atoms with van der Waals surface area (Å²) in [6.07, 6.45) is 2.34. The first-order chi connectivity index (χ1) is 9.76. The van der Waals surface area contributed by atoms with Gasteiger partial charge in [-0.1, -0.05) is 19.1 Å². The predicted octanol–water partition coefficient (Wildman–Crippen LogP) is 4.54. The van der Waals surface area contributed by atoms with E-state index in [9.17, 15) is 4.39 Å². The normalized spacial score (nSPS) is 10.3. The number of benzene rings is 1. The van der Waals surface area contributed by atoms with Crippen molar-refractivity contribution in [1.82, 2.24) is 4.98 Å². The van der Waals surface area contributed by atoms with Crippen LogP contribution in [-0.4, -0.2) is 11.6 Å². The highest BCUT2D eigenvalue weighted by molar-refractivity contribution is 6.17. The molecule has 1 aromatic heterocycles. The molecule has 0 aliphatic carbocycles. The van der Waals surface area contributed by atoms with Gasteiger partial charge in [-0.15, -0.1) is 11.6 Å². The van der Waals surface area contributed by atoms with Crippen molar-refractivity contribution in [2.75, 3.05) is 6.61 Å². The summed E-state index contributed by atoms with van der Waals surface area (Å²) in [5, 5.41) is 0. The van der Waals surface area contributed by atoms with E-state index in [1.54, 1.807) is 18.2 Å². The maximum absolute atomic E-state index is 14.0. The maximum Gasteiger partial charge on any atom is 0.256 e. The topological polar surface area (TPSA) is 31.4 Å². The van der Waals surface area contributed by atoms with Crippen molar-refractivity contribution >= 4 is 11.6 Å². The molecule has 3 nitrogen and oxygen atoms in total. The van der Waals surface area contributed by atoms with Gasteiger partial charge >= 0.3 is 0 Å². The minimum Gasteiger partial charge on any atom is -0.490 e. The first kappa shape index (κ1) is 14.6. The first-order valence-corrected chi connectivity index (χ1v) is 6.88. The Labute approximate surface area is 122 Å². The largest absolute Gasteiger partial charge is 0.490 e. The van der Waals surface area contributed by atoms with Gasteiger partial charge in [0.2, 0.25) is 0 Å². The fourth-order valence-corrected chi connectivity index (χ4v) is 1.81. The maximum atomic E-state index is 14.0. The van der Waals surface area contributed by atoms with Gasteiger partial charge in [-0.25, -0.2) is 9.37 Å². The van der Waals surface area contributed by atoms with Crippen LogP contribution in [0.1, 0.15) is 18.9 Å². The quantitative estimate of drug-likeness (QED) is 0.733. The van der Waals surface area contributed by atoms with E-state index in [-0.39, 0.29) is 11.8 Å². The Morgan fingerprint density at radius 1 is 1.20 bits per heavy atom. The van der Waals surface area contributed by atoms with E-state index in [1.165, 1.54) is 12.3 Å². The molecule has 1 aromatic carbocycles. The van der Waals surface area contributed by atoms with E-state index in [1.807, 2.05) is 13.0 Å². The summed E-state index contributed by atoms with van der Waals surface area (Å²) in [4.78, 5) is 3.89. The molecule has 5 heteroatoms.